The quantitative estimate of drug-likeness (QED) is 0.642. The summed E-state index contributed by atoms with van der Waals surface area (Å²) in [5.41, 5.74) is 1.26. The van der Waals surface area contributed by atoms with Gasteiger partial charge >= 0.3 is 0 Å². The minimum atomic E-state index is 0.653. The van der Waals surface area contributed by atoms with E-state index in [0.717, 1.165) is 6.54 Å². The second kappa shape index (κ2) is 3.31. The lowest BCUT2D eigenvalue weighted by molar-refractivity contribution is 0.976. The molecule has 2 heteroatoms. The van der Waals surface area contributed by atoms with Crippen LogP contribution in [0.15, 0.2) is 35.3 Å². The molecule has 0 aromatic heterocycles. The Hall–Kier alpha value is -0.760. The summed E-state index contributed by atoms with van der Waals surface area (Å²) in [5.74, 6) is 0. The molecule has 62 valence electrons. The van der Waals surface area contributed by atoms with Crippen LogP contribution in [-0.2, 0) is 0 Å². The largest absolute Gasteiger partial charge is 0.277 e. The summed E-state index contributed by atoms with van der Waals surface area (Å²) in [5, 5.41) is 1.85. The monoisotopic (exact) mass is 177 g/mol. The van der Waals surface area contributed by atoms with Gasteiger partial charge < -0.3 is 0 Å². The third-order valence-electron chi connectivity index (χ3n) is 1.83. The average molecular weight is 177 g/mol. The molecule has 0 spiro atoms. The smallest absolute Gasteiger partial charge is 0.0980 e. The van der Waals surface area contributed by atoms with Crippen molar-refractivity contribution in [3.8, 4) is 0 Å². The van der Waals surface area contributed by atoms with Gasteiger partial charge in [-0.2, -0.15) is 0 Å². The van der Waals surface area contributed by atoms with Gasteiger partial charge in [0.1, 0.15) is 0 Å². The van der Waals surface area contributed by atoms with Crippen molar-refractivity contribution < 1.29 is 0 Å². The maximum Gasteiger partial charge on any atom is 0.0980 e. The van der Waals surface area contributed by atoms with Crippen LogP contribution in [0.3, 0.4) is 0 Å². The summed E-state index contributed by atoms with van der Waals surface area (Å²) >= 11 is 1.87. The molecular weight excluding hydrogens is 166 g/mol. The number of benzene rings is 1. The van der Waals surface area contributed by atoms with Gasteiger partial charge in [0, 0.05) is 10.8 Å². The van der Waals surface area contributed by atoms with Crippen LogP contribution >= 0.6 is 11.8 Å². The van der Waals surface area contributed by atoms with E-state index in [2.05, 4.69) is 36.2 Å². The molecule has 1 aromatic carbocycles. The molecule has 12 heavy (non-hydrogen) atoms. The van der Waals surface area contributed by atoms with Crippen LogP contribution < -0.4 is 0 Å². The zero-order valence-electron chi connectivity index (χ0n) is 7.03. The SMILES string of the molecule is CC1CN=C(c2ccccc2)S1. The van der Waals surface area contributed by atoms with Crippen molar-refractivity contribution in [1.82, 2.24) is 0 Å². The molecule has 0 saturated heterocycles. The molecular formula is C10H11NS. The number of rotatable bonds is 1. The Bertz CT molecular complexity index is 292. The van der Waals surface area contributed by atoms with Crippen molar-refractivity contribution in [3.05, 3.63) is 35.9 Å². The first kappa shape index (κ1) is 7.87. The Morgan fingerprint density at radius 2 is 2.08 bits per heavy atom. The van der Waals surface area contributed by atoms with Gasteiger partial charge in [-0.15, -0.1) is 11.8 Å². The van der Waals surface area contributed by atoms with E-state index in [0.29, 0.717) is 5.25 Å². The summed E-state index contributed by atoms with van der Waals surface area (Å²) in [6.45, 7) is 3.18. The standard InChI is InChI=1S/C10H11NS/c1-8-7-11-10(12-8)9-5-3-2-4-6-9/h2-6,8H,7H2,1H3. The van der Waals surface area contributed by atoms with Crippen molar-refractivity contribution in [3.63, 3.8) is 0 Å². The van der Waals surface area contributed by atoms with Gasteiger partial charge in [-0.05, 0) is 0 Å². The summed E-state index contributed by atoms with van der Waals surface area (Å²) in [6.07, 6.45) is 0. The van der Waals surface area contributed by atoms with Crippen molar-refractivity contribution in [2.24, 2.45) is 4.99 Å². The molecule has 1 aliphatic rings. The maximum atomic E-state index is 4.47. The topological polar surface area (TPSA) is 12.4 Å². The molecule has 1 heterocycles. The summed E-state index contributed by atoms with van der Waals surface area (Å²) in [4.78, 5) is 4.47. The van der Waals surface area contributed by atoms with Crippen molar-refractivity contribution in [2.75, 3.05) is 6.54 Å². The fraction of sp³-hybridized carbons (Fsp3) is 0.300. The number of thioether (sulfide) groups is 1. The van der Waals surface area contributed by atoms with E-state index in [1.54, 1.807) is 0 Å². The van der Waals surface area contributed by atoms with Crippen molar-refractivity contribution in [2.45, 2.75) is 12.2 Å². The van der Waals surface area contributed by atoms with Gasteiger partial charge in [-0.3, -0.25) is 4.99 Å². The summed E-state index contributed by atoms with van der Waals surface area (Å²) in [7, 11) is 0. The van der Waals surface area contributed by atoms with Crippen LogP contribution in [0.25, 0.3) is 0 Å². The molecule has 1 unspecified atom stereocenters. The number of hydrogen-bond acceptors (Lipinski definition) is 2. The van der Waals surface area contributed by atoms with Crippen LogP contribution in [0.2, 0.25) is 0 Å². The Labute approximate surface area is 76.9 Å². The van der Waals surface area contributed by atoms with Gasteiger partial charge in [-0.25, -0.2) is 0 Å². The van der Waals surface area contributed by atoms with E-state index in [1.165, 1.54) is 10.6 Å². The van der Waals surface area contributed by atoms with Gasteiger partial charge in [0.25, 0.3) is 0 Å². The fourth-order valence-corrected chi connectivity index (χ4v) is 2.17. The normalized spacial score (nSPS) is 22.4. The van der Waals surface area contributed by atoms with E-state index in [4.69, 9.17) is 0 Å². The first-order valence-electron chi connectivity index (χ1n) is 4.13. The third kappa shape index (κ3) is 1.53. The Morgan fingerprint density at radius 1 is 1.33 bits per heavy atom. The lowest BCUT2D eigenvalue weighted by atomic mass is 10.2. The molecule has 0 amide bonds. The van der Waals surface area contributed by atoms with Gasteiger partial charge in [0.2, 0.25) is 0 Å². The number of nitrogens with zero attached hydrogens (tertiary/aromatic N) is 1. The van der Waals surface area contributed by atoms with Crippen LogP contribution in [0, 0.1) is 0 Å². The molecule has 0 fully saturated rings. The van der Waals surface area contributed by atoms with E-state index < -0.39 is 0 Å². The van der Waals surface area contributed by atoms with Crippen molar-refractivity contribution in [1.29, 1.82) is 0 Å². The van der Waals surface area contributed by atoms with Crippen LogP contribution in [-0.4, -0.2) is 16.8 Å². The molecule has 0 bridgehead atoms. The zero-order valence-corrected chi connectivity index (χ0v) is 7.84. The molecule has 0 radical (unpaired) electrons. The highest BCUT2D eigenvalue weighted by Crippen LogP contribution is 2.24. The highest BCUT2D eigenvalue weighted by atomic mass is 32.2. The molecule has 2 rings (SSSR count). The highest BCUT2D eigenvalue weighted by molar-refractivity contribution is 8.15. The molecule has 1 aromatic rings. The second-order valence-electron chi connectivity index (χ2n) is 2.94. The Kier molecular flexibility index (Phi) is 2.17. The first-order valence-corrected chi connectivity index (χ1v) is 5.01. The van der Waals surface area contributed by atoms with Crippen LogP contribution in [0.5, 0.6) is 0 Å². The van der Waals surface area contributed by atoms with Crippen LogP contribution in [0.4, 0.5) is 0 Å². The van der Waals surface area contributed by atoms with Gasteiger partial charge in [0.15, 0.2) is 0 Å². The molecule has 0 aliphatic carbocycles. The minimum absolute atomic E-state index is 0.653. The van der Waals surface area contributed by atoms with Crippen molar-refractivity contribution >= 4 is 16.8 Å². The van der Waals surface area contributed by atoms with Gasteiger partial charge in [-0.1, -0.05) is 37.3 Å². The number of hydrogen-bond donors (Lipinski definition) is 0. The lowest BCUT2D eigenvalue weighted by Crippen LogP contribution is -1.94. The third-order valence-corrected chi connectivity index (χ3v) is 2.97. The predicted molar refractivity (Wildman–Crippen MR) is 54.9 cm³/mol. The number of aliphatic imine (C=N–C) groups is 1. The average Bonchev–Trinajstić information content (AvgIpc) is 2.54. The Balaban J connectivity index is 2.22. The highest BCUT2D eigenvalue weighted by Gasteiger charge is 2.15. The summed E-state index contributed by atoms with van der Waals surface area (Å²) < 4.78 is 0. The second-order valence-corrected chi connectivity index (χ2v) is 4.37. The molecule has 0 saturated carbocycles. The zero-order chi connectivity index (χ0) is 8.39. The molecule has 1 aliphatic heterocycles. The Morgan fingerprint density at radius 3 is 2.67 bits per heavy atom. The first-order chi connectivity index (χ1) is 5.86. The van der Waals surface area contributed by atoms with E-state index in [-0.39, 0.29) is 0 Å². The molecule has 1 atom stereocenters. The predicted octanol–water partition coefficient (Wildman–Crippen LogP) is 2.57. The minimum Gasteiger partial charge on any atom is -0.277 e. The van der Waals surface area contributed by atoms with Crippen LogP contribution in [0.1, 0.15) is 12.5 Å². The van der Waals surface area contributed by atoms with E-state index >= 15 is 0 Å². The van der Waals surface area contributed by atoms with E-state index in [1.807, 2.05) is 17.8 Å². The molecule has 0 N–H and O–H groups in total. The fourth-order valence-electron chi connectivity index (χ4n) is 1.22. The molecule has 1 nitrogen and oxygen atoms in total. The lowest BCUT2D eigenvalue weighted by Gasteiger charge is -1.99. The van der Waals surface area contributed by atoms with Gasteiger partial charge in [0.05, 0.1) is 11.6 Å². The van der Waals surface area contributed by atoms with E-state index in [9.17, 15) is 0 Å². The maximum absolute atomic E-state index is 4.47. The summed E-state index contributed by atoms with van der Waals surface area (Å²) in [6, 6.07) is 10.4.